The fourth-order valence-electron chi connectivity index (χ4n) is 3.50. The van der Waals surface area contributed by atoms with Gasteiger partial charge in [0.25, 0.3) is 0 Å². The summed E-state index contributed by atoms with van der Waals surface area (Å²) in [4.78, 5) is 4.36. The molecule has 0 fully saturated rings. The van der Waals surface area contributed by atoms with Crippen LogP contribution in [0.4, 0.5) is 5.95 Å². The first kappa shape index (κ1) is 16.8. The van der Waals surface area contributed by atoms with Crippen LogP contribution in [0.2, 0.25) is 5.02 Å². The predicted molar refractivity (Wildman–Crippen MR) is 113 cm³/mol. The van der Waals surface area contributed by atoms with E-state index >= 15 is 0 Å². The Balaban J connectivity index is 1.53. The topological polar surface area (TPSA) is 42.7 Å². The first-order chi connectivity index (χ1) is 13.8. The lowest BCUT2D eigenvalue weighted by Gasteiger charge is -2.24. The van der Waals surface area contributed by atoms with E-state index in [9.17, 15) is 0 Å². The fraction of sp³-hybridized carbons (Fsp3) is 0.0435. The normalized spacial score (nSPS) is 15.5. The molecule has 0 radical (unpaired) electrons. The third kappa shape index (κ3) is 3.08. The molecule has 4 nitrogen and oxygen atoms in total. The molecule has 1 aromatic heterocycles. The second-order valence-electron chi connectivity index (χ2n) is 6.68. The molecule has 0 spiro atoms. The smallest absolute Gasteiger partial charge is 0.226 e. The lowest BCUT2D eigenvalue weighted by Crippen LogP contribution is -2.20. The van der Waals surface area contributed by atoms with E-state index in [1.165, 1.54) is 11.1 Å². The molecule has 1 aliphatic heterocycles. The van der Waals surface area contributed by atoms with E-state index in [1.807, 2.05) is 28.9 Å². The SMILES string of the molecule is Clc1cccc([C@@H]2C=C(c3ccc(-c4ccccc4)cc3)Nc3ncnn32)c1. The first-order valence-electron chi connectivity index (χ1n) is 9.07. The fourth-order valence-corrected chi connectivity index (χ4v) is 3.70. The Labute approximate surface area is 168 Å². The molecular formula is C23H17ClN4. The zero-order valence-electron chi connectivity index (χ0n) is 15.0. The Hall–Kier alpha value is -3.37. The molecule has 4 aromatic rings. The Bertz CT molecular complexity index is 1150. The number of allylic oxidation sites excluding steroid dienone is 1. The van der Waals surface area contributed by atoms with E-state index < -0.39 is 0 Å². The molecule has 3 aromatic carbocycles. The van der Waals surface area contributed by atoms with Crippen LogP contribution in [0.15, 0.2) is 91.3 Å². The van der Waals surface area contributed by atoms with Gasteiger partial charge in [-0.05, 0) is 40.5 Å². The Kier molecular flexibility index (Phi) is 4.18. The van der Waals surface area contributed by atoms with Crippen molar-refractivity contribution in [3.8, 4) is 11.1 Å². The van der Waals surface area contributed by atoms with Crippen molar-refractivity contribution in [3.05, 3.63) is 107 Å². The summed E-state index contributed by atoms with van der Waals surface area (Å²) < 4.78 is 1.87. The maximum absolute atomic E-state index is 6.21. The predicted octanol–water partition coefficient (Wildman–Crippen LogP) is 5.65. The lowest BCUT2D eigenvalue weighted by molar-refractivity contribution is 0.612. The molecular weight excluding hydrogens is 368 g/mol. The molecule has 0 saturated carbocycles. The van der Waals surface area contributed by atoms with Gasteiger partial charge in [0.2, 0.25) is 5.95 Å². The molecule has 1 aliphatic rings. The number of hydrogen-bond acceptors (Lipinski definition) is 3. The van der Waals surface area contributed by atoms with Crippen LogP contribution >= 0.6 is 11.6 Å². The van der Waals surface area contributed by atoms with Gasteiger partial charge < -0.3 is 5.32 Å². The van der Waals surface area contributed by atoms with Gasteiger partial charge in [-0.25, -0.2) is 4.68 Å². The molecule has 0 unspecified atom stereocenters. The van der Waals surface area contributed by atoms with Gasteiger partial charge in [0, 0.05) is 10.7 Å². The first-order valence-corrected chi connectivity index (χ1v) is 9.45. The largest absolute Gasteiger partial charge is 0.324 e. The standard InChI is InChI=1S/C23H17ClN4/c24-20-8-4-7-19(13-20)22-14-21(27-23-25-15-26-28(22)23)18-11-9-17(10-12-18)16-5-2-1-3-6-16/h1-15,22H,(H,25,26,27)/t22-/m0/s1. The van der Waals surface area contributed by atoms with Crippen LogP contribution in [0.25, 0.3) is 16.8 Å². The van der Waals surface area contributed by atoms with Gasteiger partial charge in [-0.2, -0.15) is 10.1 Å². The maximum atomic E-state index is 6.21. The van der Waals surface area contributed by atoms with Crippen molar-refractivity contribution in [3.63, 3.8) is 0 Å². The van der Waals surface area contributed by atoms with Crippen molar-refractivity contribution in [2.45, 2.75) is 6.04 Å². The summed E-state index contributed by atoms with van der Waals surface area (Å²) in [6.07, 6.45) is 3.72. The third-order valence-corrected chi connectivity index (χ3v) is 5.14. The van der Waals surface area contributed by atoms with E-state index in [-0.39, 0.29) is 6.04 Å². The van der Waals surface area contributed by atoms with Crippen LogP contribution in [0, 0.1) is 0 Å². The van der Waals surface area contributed by atoms with Crippen molar-refractivity contribution >= 4 is 23.2 Å². The summed E-state index contributed by atoms with van der Waals surface area (Å²) in [5, 5.41) is 8.47. The van der Waals surface area contributed by atoms with E-state index in [1.54, 1.807) is 6.33 Å². The van der Waals surface area contributed by atoms with E-state index in [0.29, 0.717) is 5.02 Å². The molecule has 0 bridgehead atoms. The van der Waals surface area contributed by atoms with Crippen molar-refractivity contribution in [1.82, 2.24) is 14.8 Å². The van der Waals surface area contributed by atoms with E-state index in [0.717, 1.165) is 22.8 Å². The van der Waals surface area contributed by atoms with Crippen molar-refractivity contribution in [1.29, 1.82) is 0 Å². The van der Waals surface area contributed by atoms with Crippen LogP contribution < -0.4 is 5.32 Å². The maximum Gasteiger partial charge on any atom is 0.226 e. The Morgan fingerprint density at radius 3 is 2.36 bits per heavy atom. The second-order valence-corrected chi connectivity index (χ2v) is 7.11. The molecule has 0 saturated heterocycles. The minimum atomic E-state index is -0.0683. The summed E-state index contributed by atoms with van der Waals surface area (Å²) in [5.41, 5.74) is 5.57. The summed E-state index contributed by atoms with van der Waals surface area (Å²) in [6, 6.07) is 26.7. The molecule has 28 heavy (non-hydrogen) atoms. The number of benzene rings is 3. The molecule has 5 heteroatoms. The molecule has 1 atom stereocenters. The zero-order valence-corrected chi connectivity index (χ0v) is 15.7. The third-order valence-electron chi connectivity index (χ3n) is 4.90. The average molecular weight is 385 g/mol. The van der Waals surface area contributed by atoms with Crippen LogP contribution in [0.5, 0.6) is 0 Å². The average Bonchev–Trinajstić information content (AvgIpc) is 3.22. The Morgan fingerprint density at radius 1 is 0.821 bits per heavy atom. The summed E-state index contributed by atoms with van der Waals surface area (Å²) in [5.74, 6) is 0.717. The van der Waals surface area contributed by atoms with Crippen molar-refractivity contribution in [2.75, 3.05) is 5.32 Å². The highest BCUT2D eigenvalue weighted by Crippen LogP contribution is 2.33. The summed E-state index contributed by atoms with van der Waals surface area (Å²) in [6.45, 7) is 0. The molecule has 1 N–H and O–H groups in total. The second kappa shape index (κ2) is 6.98. The lowest BCUT2D eigenvalue weighted by atomic mass is 9.99. The van der Waals surface area contributed by atoms with Gasteiger partial charge in [0.05, 0.1) is 0 Å². The minimum absolute atomic E-state index is 0.0683. The number of nitrogens with zero attached hydrogens (tertiary/aromatic N) is 3. The van der Waals surface area contributed by atoms with E-state index in [4.69, 9.17) is 11.6 Å². The van der Waals surface area contributed by atoms with Crippen molar-refractivity contribution in [2.24, 2.45) is 0 Å². The number of rotatable bonds is 3. The number of hydrogen-bond donors (Lipinski definition) is 1. The minimum Gasteiger partial charge on any atom is -0.324 e. The highest BCUT2D eigenvalue weighted by molar-refractivity contribution is 6.30. The summed E-state index contributed by atoms with van der Waals surface area (Å²) in [7, 11) is 0. The number of halogens is 1. The highest BCUT2D eigenvalue weighted by atomic mass is 35.5. The van der Waals surface area contributed by atoms with Gasteiger partial charge in [-0.3, -0.25) is 0 Å². The molecule has 5 rings (SSSR count). The number of aromatic nitrogens is 3. The number of anilines is 1. The monoisotopic (exact) mass is 384 g/mol. The van der Waals surface area contributed by atoms with Crippen LogP contribution in [-0.2, 0) is 0 Å². The van der Waals surface area contributed by atoms with E-state index in [2.05, 4.69) is 76.1 Å². The zero-order chi connectivity index (χ0) is 18.9. The van der Waals surface area contributed by atoms with Crippen LogP contribution in [0.1, 0.15) is 17.2 Å². The van der Waals surface area contributed by atoms with Gasteiger partial charge in [-0.1, -0.05) is 78.3 Å². The molecule has 0 aliphatic carbocycles. The van der Waals surface area contributed by atoms with Gasteiger partial charge in [-0.15, -0.1) is 0 Å². The van der Waals surface area contributed by atoms with Crippen molar-refractivity contribution < 1.29 is 0 Å². The highest BCUT2D eigenvalue weighted by Gasteiger charge is 2.23. The van der Waals surface area contributed by atoms with Gasteiger partial charge in [0.1, 0.15) is 12.4 Å². The van der Waals surface area contributed by atoms with Gasteiger partial charge in [0.15, 0.2) is 0 Å². The van der Waals surface area contributed by atoms with Gasteiger partial charge >= 0.3 is 0 Å². The Morgan fingerprint density at radius 2 is 1.57 bits per heavy atom. The van der Waals surface area contributed by atoms with Crippen LogP contribution in [-0.4, -0.2) is 14.8 Å². The number of nitrogens with one attached hydrogen (secondary N) is 1. The number of fused-ring (bicyclic) bond motifs is 1. The molecule has 2 heterocycles. The summed E-state index contributed by atoms with van der Waals surface area (Å²) >= 11 is 6.21. The molecule has 0 amide bonds. The quantitative estimate of drug-likeness (QED) is 0.496. The molecule has 136 valence electrons. The van der Waals surface area contributed by atoms with Crippen LogP contribution in [0.3, 0.4) is 0 Å².